The lowest BCUT2D eigenvalue weighted by Crippen LogP contribution is -2.27. The first kappa shape index (κ1) is 18.0. The van der Waals surface area contributed by atoms with Gasteiger partial charge in [-0.3, -0.25) is 9.59 Å². The fourth-order valence-corrected chi connectivity index (χ4v) is 3.68. The molecule has 144 valence electrons. The number of carbonyl (C=O) groups is 2. The van der Waals surface area contributed by atoms with Gasteiger partial charge < -0.3 is 19.5 Å². The van der Waals surface area contributed by atoms with E-state index in [0.717, 1.165) is 0 Å². The minimum absolute atomic E-state index is 0.0599. The molecule has 2 heterocycles. The van der Waals surface area contributed by atoms with Crippen LogP contribution in [0.5, 0.6) is 5.75 Å². The Bertz CT molecular complexity index is 1070. The maximum atomic E-state index is 13.9. The topological polar surface area (TPSA) is 63.6 Å². The summed E-state index contributed by atoms with van der Waals surface area (Å²) < 4.78 is 20.8. The van der Waals surface area contributed by atoms with Crippen LogP contribution >= 0.6 is 0 Å². The fourth-order valence-electron chi connectivity index (χ4n) is 3.68. The van der Waals surface area contributed by atoms with E-state index < -0.39 is 5.82 Å². The largest absolute Gasteiger partial charge is 0.497 e. The van der Waals surface area contributed by atoms with Crippen molar-refractivity contribution < 1.29 is 18.7 Å². The summed E-state index contributed by atoms with van der Waals surface area (Å²) in [5.41, 5.74) is 2.08. The van der Waals surface area contributed by atoms with Crippen molar-refractivity contribution in [1.29, 1.82) is 0 Å². The van der Waals surface area contributed by atoms with Crippen LogP contribution in [0.4, 0.5) is 15.8 Å². The molecule has 0 bridgehead atoms. The van der Waals surface area contributed by atoms with E-state index in [1.807, 2.05) is 0 Å². The van der Waals surface area contributed by atoms with Crippen LogP contribution < -0.4 is 15.0 Å². The summed E-state index contributed by atoms with van der Waals surface area (Å²) in [5.74, 6) is -0.149. The number of carbonyl (C=O) groups excluding carboxylic acids is 2. The molecule has 1 aromatic heterocycles. The first-order valence-electron chi connectivity index (χ1n) is 9.03. The predicted octanol–water partition coefficient (Wildman–Crippen LogP) is 3.71. The molecule has 4 rings (SSSR count). The molecule has 2 aromatic carbocycles. The lowest BCUT2D eigenvalue weighted by Gasteiger charge is -2.18. The van der Waals surface area contributed by atoms with E-state index in [0.29, 0.717) is 53.1 Å². The zero-order chi connectivity index (χ0) is 19.8. The second kappa shape index (κ2) is 6.99. The lowest BCUT2D eigenvalue weighted by atomic mass is 10.2. The summed E-state index contributed by atoms with van der Waals surface area (Å²) in [6.45, 7) is 0.511. The lowest BCUT2D eigenvalue weighted by molar-refractivity contribution is -0.117. The fraction of sp³-hybridized carbons (Fsp3) is 0.238. The van der Waals surface area contributed by atoms with E-state index in [2.05, 4.69) is 5.32 Å². The van der Waals surface area contributed by atoms with Crippen molar-refractivity contribution in [2.75, 3.05) is 23.9 Å². The number of nitrogens with zero attached hydrogens (tertiary/aromatic N) is 2. The SMILES string of the molecule is COc1ccc(NC(=O)c2c(N3CCCC3=O)c3cc(F)ccc3n2C)cc1. The van der Waals surface area contributed by atoms with Crippen LogP contribution in [0.15, 0.2) is 42.5 Å². The quantitative estimate of drug-likeness (QED) is 0.749. The first-order valence-corrected chi connectivity index (χ1v) is 9.03. The minimum Gasteiger partial charge on any atom is -0.497 e. The van der Waals surface area contributed by atoms with Crippen LogP contribution in [0, 0.1) is 5.82 Å². The Kier molecular flexibility index (Phi) is 4.50. The third-order valence-corrected chi connectivity index (χ3v) is 5.04. The Morgan fingerprint density at radius 1 is 1.18 bits per heavy atom. The molecule has 0 aliphatic carbocycles. The van der Waals surface area contributed by atoms with Gasteiger partial charge >= 0.3 is 0 Å². The number of fused-ring (bicyclic) bond motifs is 1. The molecule has 0 unspecified atom stereocenters. The van der Waals surface area contributed by atoms with Crippen molar-refractivity contribution in [3.63, 3.8) is 0 Å². The van der Waals surface area contributed by atoms with Gasteiger partial charge in [0.2, 0.25) is 5.91 Å². The molecule has 0 saturated carbocycles. The third-order valence-electron chi connectivity index (χ3n) is 5.04. The number of benzene rings is 2. The smallest absolute Gasteiger partial charge is 0.274 e. The first-order chi connectivity index (χ1) is 13.5. The van der Waals surface area contributed by atoms with Gasteiger partial charge in [0, 0.05) is 31.1 Å². The number of anilines is 2. The minimum atomic E-state index is -0.409. The van der Waals surface area contributed by atoms with Crippen LogP contribution in [-0.2, 0) is 11.8 Å². The van der Waals surface area contributed by atoms with Gasteiger partial charge in [-0.25, -0.2) is 4.39 Å². The standard InChI is InChI=1S/C21H20FN3O3/c1-24-17-10-5-13(22)12-16(17)19(25-11-3-4-18(25)26)20(24)21(27)23-14-6-8-15(28-2)9-7-14/h5-10,12H,3-4,11H2,1-2H3,(H,23,27). The molecule has 1 N–H and O–H groups in total. The number of ether oxygens (including phenoxy) is 1. The van der Waals surface area contributed by atoms with Crippen LogP contribution in [0.25, 0.3) is 10.9 Å². The van der Waals surface area contributed by atoms with Gasteiger partial charge in [0.15, 0.2) is 0 Å². The number of rotatable bonds is 4. The maximum absolute atomic E-state index is 13.9. The van der Waals surface area contributed by atoms with Gasteiger partial charge in [-0.2, -0.15) is 0 Å². The summed E-state index contributed by atoms with van der Waals surface area (Å²) in [6, 6.07) is 11.3. The molecule has 6 nitrogen and oxygen atoms in total. The van der Waals surface area contributed by atoms with E-state index in [1.54, 1.807) is 54.0 Å². The number of nitrogens with one attached hydrogen (secondary N) is 1. The van der Waals surface area contributed by atoms with Crippen molar-refractivity contribution in [2.45, 2.75) is 12.8 Å². The Balaban J connectivity index is 1.81. The number of aryl methyl sites for hydroxylation is 1. The molecule has 28 heavy (non-hydrogen) atoms. The van der Waals surface area contributed by atoms with Crippen LogP contribution in [-0.4, -0.2) is 30.0 Å². The molecule has 1 fully saturated rings. The van der Waals surface area contributed by atoms with Crippen LogP contribution in [0.1, 0.15) is 23.3 Å². The second-order valence-electron chi connectivity index (χ2n) is 6.75. The highest BCUT2D eigenvalue weighted by Gasteiger charge is 2.31. The number of amides is 2. The van der Waals surface area contributed by atoms with E-state index in [1.165, 1.54) is 12.1 Å². The summed E-state index contributed by atoms with van der Waals surface area (Å²) in [4.78, 5) is 27.1. The maximum Gasteiger partial charge on any atom is 0.274 e. The highest BCUT2D eigenvalue weighted by molar-refractivity contribution is 6.17. The predicted molar refractivity (Wildman–Crippen MR) is 105 cm³/mol. The Morgan fingerprint density at radius 2 is 1.93 bits per heavy atom. The highest BCUT2D eigenvalue weighted by atomic mass is 19.1. The third kappa shape index (κ3) is 2.98. The van der Waals surface area contributed by atoms with Gasteiger partial charge in [0.25, 0.3) is 5.91 Å². The molecule has 2 amide bonds. The van der Waals surface area contributed by atoms with Crippen LogP contribution in [0.3, 0.4) is 0 Å². The highest BCUT2D eigenvalue weighted by Crippen LogP contribution is 2.36. The summed E-state index contributed by atoms with van der Waals surface area (Å²) >= 11 is 0. The van der Waals surface area contributed by atoms with Crippen molar-refractivity contribution in [1.82, 2.24) is 4.57 Å². The summed E-state index contributed by atoms with van der Waals surface area (Å²) in [5, 5.41) is 3.41. The number of aromatic nitrogens is 1. The zero-order valence-electron chi connectivity index (χ0n) is 15.7. The molecular weight excluding hydrogens is 361 g/mol. The number of hydrogen-bond acceptors (Lipinski definition) is 3. The molecule has 0 radical (unpaired) electrons. The van der Waals surface area contributed by atoms with Gasteiger partial charge in [-0.15, -0.1) is 0 Å². The molecular formula is C21H20FN3O3. The molecule has 1 aliphatic rings. The zero-order valence-corrected chi connectivity index (χ0v) is 15.7. The van der Waals surface area contributed by atoms with E-state index in [4.69, 9.17) is 4.74 Å². The van der Waals surface area contributed by atoms with E-state index in [-0.39, 0.29) is 11.8 Å². The van der Waals surface area contributed by atoms with Crippen LogP contribution in [0.2, 0.25) is 0 Å². The summed E-state index contributed by atoms with van der Waals surface area (Å²) in [7, 11) is 3.31. The Labute approximate surface area is 161 Å². The van der Waals surface area contributed by atoms with Crippen molar-refractivity contribution >= 4 is 34.1 Å². The number of methoxy groups -OCH3 is 1. The monoisotopic (exact) mass is 381 g/mol. The van der Waals surface area contributed by atoms with E-state index >= 15 is 0 Å². The second-order valence-corrected chi connectivity index (χ2v) is 6.75. The molecule has 3 aromatic rings. The summed E-state index contributed by atoms with van der Waals surface area (Å²) in [6.07, 6.45) is 1.13. The molecule has 1 aliphatic heterocycles. The normalized spacial score (nSPS) is 14.0. The average Bonchev–Trinajstić information content (AvgIpc) is 3.22. The molecule has 0 atom stereocenters. The average molecular weight is 381 g/mol. The number of hydrogen-bond donors (Lipinski definition) is 1. The van der Waals surface area contributed by atoms with Crippen molar-refractivity contribution in [2.24, 2.45) is 7.05 Å². The van der Waals surface area contributed by atoms with Gasteiger partial charge in [-0.1, -0.05) is 0 Å². The van der Waals surface area contributed by atoms with Crippen molar-refractivity contribution in [3.8, 4) is 5.75 Å². The van der Waals surface area contributed by atoms with Gasteiger partial charge in [0.05, 0.1) is 18.3 Å². The van der Waals surface area contributed by atoms with Crippen molar-refractivity contribution in [3.05, 3.63) is 54.0 Å². The Hall–Kier alpha value is -3.35. The molecule has 0 spiro atoms. The molecule has 7 heteroatoms. The molecule has 1 saturated heterocycles. The van der Waals surface area contributed by atoms with Gasteiger partial charge in [-0.05, 0) is 48.9 Å². The van der Waals surface area contributed by atoms with Gasteiger partial charge in [0.1, 0.15) is 17.3 Å². The number of halogens is 1. The Morgan fingerprint density at radius 3 is 2.57 bits per heavy atom. The van der Waals surface area contributed by atoms with E-state index in [9.17, 15) is 14.0 Å².